The van der Waals surface area contributed by atoms with Crippen LogP contribution in [0.25, 0.3) is 0 Å². The molecule has 19 heavy (non-hydrogen) atoms. The zero-order valence-electron chi connectivity index (χ0n) is 12.1. The van der Waals surface area contributed by atoms with Crippen molar-refractivity contribution in [2.24, 2.45) is 0 Å². The van der Waals surface area contributed by atoms with E-state index in [4.69, 9.17) is 4.74 Å². The highest BCUT2D eigenvalue weighted by Gasteiger charge is 2.47. The number of piperazine rings is 1. The van der Waals surface area contributed by atoms with E-state index >= 15 is 0 Å². The number of carbonyl (C=O) groups excluding carboxylic acids is 2. The van der Waals surface area contributed by atoms with Crippen LogP contribution in [0.3, 0.4) is 0 Å². The molecule has 2 aliphatic heterocycles. The standard InChI is InChI=1S/C14H24N2O3/c1-4-5-11-13(18)16(10(2)12(17)15-11)14(3)6-8-19-9-7-14/h10-11H,4-9H2,1-3H3,(H,15,17). The Balaban J connectivity index is 2.24. The summed E-state index contributed by atoms with van der Waals surface area (Å²) in [4.78, 5) is 26.5. The molecule has 0 radical (unpaired) electrons. The van der Waals surface area contributed by atoms with Gasteiger partial charge in [-0.25, -0.2) is 0 Å². The van der Waals surface area contributed by atoms with Gasteiger partial charge in [-0.2, -0.15) is 0 Å². The first-order valence-corrected chi connectivity index (χ1v) is 7.21. The van der Waals surface area contributed by atoms with Gasteiger partial charge in [-0.05, 0) is 33.1 Å². The summed E-state index contributed by atoms with van der Waals surface area (Å²) < 4.78 is 5.39. The van der Waals surface area contributed by atoms with Crippen LogP contribution >= 0.6 is 0 Å². The number of hydrogen-bond donors (Lipinski definition) is 1. The molecule has 2 aliphatic rings. The Kier molecular flexibility index (Phi) is 4.13. The molecule has 0 bridgehead atoms. The van der Waals surface area contributed by atoms with Gasteiger partial charge >= 0.3 is 0 Å². The summed E-state index contributed by atoms with van der Waals surface area (Å²) >= 11 is 0. The third kappa shape index (κ3) is 2.61. The summed E-state index contributed by atoms with van der Waals surface area (Å²) in [6.45, 7) is 7.24. The van der Waals surface area contributed by atoms with Crippen molar-refractivity contribution in [1.82, 2.24) is 10.2 Å². The molecule has 2 atom stereocenters. The summed E-state index contributed by atoms with van der Waals surface area (Å²) in [5, 5.41) is 2.84. The van der Waals surface area contributed by atoms with Crippen LogP contribution in [0.4, 0.5) is 0 Å². The molecule has 108 valence electrons. The first-order chi connectivity index (χ1) is 8.99. The fraction of sp³-hybridized carbons (Fsp3) is 0.857. The van der Waals surface area contributed by atoms with Gasteiger partial charge in [0.1, 0.15) is 12.1 Å². The van der Waals surface area contributed by atoms with Crippen molar-refractivity contribution in [3.05, 3.63) is 0 Å². The molecule has 2 heterocycles. The predicted molar refractivity (Wildman–Crippen MR) is 71.6 cm³/mol. The Labute approximate surface area is 114 Å². The van der Waals surface area contributed by atoms with E-state index < -0.39 is 0 Å². The van der Waals surface area contributed by atoms with Gasteiger partial charge in [0.2, 0.25) is 11.8 Å². The fourth-order valence-electron chi connectivity index (χ4n) is 3.10. The van der Waals surface area contributed by atoms with Crippen LogP contribution in [0.2, 0.25) is 0 Å². The lowest BCUT2D eigenvalue weighted by molar-refractivity contribution is -0.160. The molecule has 0 spiro atoms. The third-order valence-corrected chi connectivity index (χ3v) is 4.35. The molecular formula is C14H24N2O3. The van der Waals surface area contributed by atoms with Gasteiger partial charge in [0.15, 0.2) is 0 Å². The summed E-state index contributed by atoms with van der Waals surface area (Å²) in [5.41, 5.74) is -0.251. The minimum Gasteiger partial charge on any atom is -0.381 e. The molecule has 0 aromatic carbocycles. The summed E-state index contributed by atoms with van der Waals surface area (Å²) in [6, 6.07) is -0.739. The average molecular weight is 268 g/mol. The zero-order chi connectivity index (χ0) is 14.0. The van der Waals surface area contributed by atoms with Gasteiger partial charge in [0, 0.05) is 18.8 Å². The molecule has 5 nitrogen and oxygen atoms in total. The van der Waals surface area contributed by atoms with Crippen LogP contribution in [0.15, 0.2) is 0 Å². The summed E-state index contributed by atoms with van der Waals surface area (Å²) in [5.74, 6) is 0.0316. The molecule has 0 aliphatic carbocycles. The van der Waals surface area contributed by atoms with E-state index in [1.54, 1.807) is 0 Å². The van der Waals surface area contributed by atoms with Gasteiger partial charge in [0.05, 0.1) is 0 Å². The van der Waals surface area contributed by atoms with Crippen LogP contribution < -0.4 is 5.32 Å². The second-order valence-electron chi connectivity index (χ2n) is 5.84. The van der Waals surface area contributed by atoms with Gasteiger partial charge in [0.25, 0.3) is 0 Å². The Bertz CT molecular complexity index is 364. The molecule has 2 unspecified atom stereocenters. The van der Waals surface area contributed by atoms with Gasteiger partial charge in [-0.15, -0.1) is 0 Å². The number of carbonyl (C=O) groups is 2. The number of ether oxygens (including phenoxy) is 1. The quantitative estimate of drug-likeness (QED) is 0.833. The Morgan fingerprint density at radius 2 is 2.00 bits per heavy atom. The van der Waals surface area contributed by atoms with Crippen molar-refractivity contribution in [2.75, 3.05) is 13.2 Å². The first-order valence-electron chi connectivity index (χ1n) is 7.21. The second kappa shape index (κ2) is 5.49. The predicted octanol–water partition coefficient (Wildman–Crippen LogP) is 1.07. The molecule has 2 fully saturated rings. The van der Waals surface area contributed by atoms with Crippen LogP contribution in [0, 0.1) is 0 Å². The maximum absolute atomic E-state index is 12.6. The number of rotatable bonds is 3. The van der Waals surface area contributed by atoms with Crippen molar-refractivity contribution in [1.29, 1.82) is 0 Å². The highest BCUT2D eigenvalue weighted by atomic mass is 16.5. The van der Waals surface area contributed by atoms with E-state index in [-0.39, 0.29) is 29.4 Å². The minimum absolute atomic E-state index is 0.0363. The number of amides is 2. The fourth-order valence-corrected chi connectivity index (χ4v) is 3.10. The summed E-state index contributed by atoms with van der Waals surface area (Å²) in [7, 11) is 0. The van der Waals surface area contributed by atoms with Gasteiger partial charge in [-0.1, -0.05) is 13.3 Å². The van der Waals surface area contributed by atoms with E-state index in [0.29, 0.717) is 19.6 Å². The number of hydrogen-bond acceptors (Lipinski definition) is 3. The van der Waals surface area contributed by atoms with Crippen molar-refractivity contribution in [3.8, 4) is 0 Å². The molecule has 2 saturated heterocycles. The average Bonchev–Trinajstić information content (AvgIpc) is 2.37. The highest BCUT2D eigenvalue weighted by Crippen LogP contribution is 2.32. The van der Waals surface area contributed by atoms with Crippen molar-refractivity contribution in [3.63, 3.8) is 0 Å². The Hall–Kier alpha value is -1.10. The van der Waals surface area contributed by atoms with E-state index in [1.165, 1.54) is 0 Å². The van der Waals surface area contributed by atoms with E-state index in [9.17, 15) is 9.59 Å². The SMILES string of the molecule is CCCC1NC(=O)C(C)N(C2(C)CCOCC2)C1=O. The highest BCUT2D eigenvalue weighted by molar-refractivity contribution is 5.97. The van der Waals surface area contributed by atoms with Crippen molar-refractivity contribution >= 4 is 11.8 Å². The normalized spacial score (nSPS) is 31.2. The van der Waals surface area contributed by atoms with Crippen molar-refractivity contribution < 1.29 is 14.3 Å². The van der Waals surface area contributed by atoms with Crippen LogP contribution in [-0.2, 0) is 14.3 Å². The monoisotopic (exact) mass is 268 g/mol. The molecule has 1 N–H and O–H groups in total. The maximum Gasteiger partial charge on any atom is 0.246 e. The smallest absolute Gasteiger partial charge is 0.246 e. The summed E-state index contributed by atoms with van der Waals surface area (Å²) in [6.07, 6.45) is 3.20. The lowest BCUT2D eigenvalue weighted by Gasteiger charge is -2.50. The van der Waals surface area contributed by atoms with Crippen molar-refractivity contribution in [2.45, 2.75) is 64.1 Å². The number of nitrogens with one attached hydrogen (secondary N) is 1. The molecule has 0 aromatic rings. The lowest BCUT2D eigenvalue weighted by atomic mass is 9.86. The van der Waals surface area contributed by atoms with E-state index in [0.717, 1.165) is 19.3 Å². The van der Waals surface area contributed by atoms with Crippen LogP contribution in [-0.4, -0.2) is 47.6 Å². The topological polar surface area (TPSA) is 58.6 Å². The first kappa shape index (κ1) is 14.3. The maximum atomic E-state index is 12.6. The lowest BCUT2D eigenvalue weighted by Crippen LogP contribution is -2.69. The van der Waals surface area contributed by atoms with Gasteiger partial charge < -0.3 is 15.0 Å². The molecule has 0 saturated carbocycles. The number of nitrogens with zero attached hydrogens (tertiary/aromatic N) is 1. The molecule has 2 amide bonds. The minimum atomic E-state index is -0.385. The molecule has 5 heteroatoms. The van der Waals surface area contributed by atoms with Crippen LogP contribution in [0.5, 0.6) is 0 Å². The molecule has 2 rings (SSSR count). The van der Waals surface area contributed by atoms with Gasteiger partial charge in [-0.3, -0.25) is 9.59 Å². The Morgan fingerprint density at radius 3 is 2.58 bits per heavy atom. The van der Waals surface area contributed by atoms with E-state index in [2.05, 4.69) is 12.2 Å². The Morgan fingerprint density at radius 1 is 1.37 bits per heavy atom. The third-order valence-electron chi connectivity index (χ3n) is 4.35. The molecule has 0 aromatic heterocycles. The van der Waals surface area contributed by atoms with Crippen LogP contribution in [0.1, 0.15) is 46.5 Å². The van der Waals surface area contributed by atoms with E-state index in [1.807, 2.05) is 18.7 Å². The zero-order valence-corrected chi connectivity index (χ0v) is 12.1. The second-order valence-corrected chi connectivity index (χ2v) is 5.84. The largest absolute Gasteiger partial charge is 0.381 e. The molecular weight excluding hydrogens is 244 g/mol.